The van der Waals surface area contributed by atoms with E-state index in [2.05, 4.69) is 20.5 Å². The number of carbonyl (C=O) groups excluding carboxylic acids is 1. The van der Waals surface area contributed by atoms with Crippen molar-refractivity contribution in [3.05, 3.63) is 58.3 Å². The van der Waals surface area contributed by atoms with Crippen molar-refractivity contribution >= 4 is 17.2 Å². The first-order chi connectivity index (χ1) is 10.2. The van der Waals surface area contributed by atoms with Crippen molar-refractivity contribution in [2.75, 3.05) is 0 Å². The Bertz CT molecular complexity index is 750. The molecular weight excluding hydrogens is 286 g/mol. The van der Waals surface area contributed by atoms with Crippen LogP contribution in [-0.4, -0.2) is 25.9 Å². The van der Waals surface area contributed by atoms with Crippen molar-refractivity contribution < 1.29 is 4.79 Å². The Kier molecular flexibility index (Phi) is 3.74. The lowest BCUT2D eigenvalue weighted by molar-refractivity contribution is 0.0946. The number of benzene rings is 1. The molecule has 0 spiro atoms. The van der Waals surface area contributed by atoms with Crippen LogP contribution in [0.1, 0.15) is 20.4 Å². The van der Waals surface area contributed by atoms with Gasteiger partial charge in [-0.3, -0.25) is 4.79 Å². The first kappa shape index (κ1) is 13.4. The number of amides is 1. The minimum Gasteiger partial charge on any atom is -0.346 e. The van der Waals surface area contributed by atoms with Crippen LogP contribution in [0.25, 0.3) is 5.69 Å². The second-order valence-electron chi connectivity index (χ2n) is 4.38. The van der Waals surface area contributed by atoms with E-state index in [4.69, 9.17) is 0 Å². The molecule has 3 aromatic rings. The van der Waals surface area contributed by atoms with Crippen molar-refractivity contribution in [3.8, 4) is 5.69 Å². The number of hydrogen-bond donors (Lipinski definition) is 1. The number of nitrogens with one attached hydrogen (secondary N) is 1. The van der Waals surface area contributed by atoms with Crippen molar-refractivity contribution in [2.45, 2.75) is 13.5 Å². The maximum Gasteiger partial charge on any atom is 0.273 e. The number of aromatic nitrogens is 4. The highest BCUT2D eigenvalue weighted by Gasteiger charge is 2.11. The summed E-state index contributed by atoms with van der Waals surface area (Å²) in [6.07, 6.45) is 3.22. The highest BCUT2D eigenvalue weighted by molar-refractivity contribution is 7.11. The predicted octanol–water partition coefficient (Wildman–Crippen LogP) is 1.96. The summed E-state index contributed by atoms with van der Waals surface area (Å²) >= 11 is 1.56. The lowest BCUT2D eigenvalue weighted by Gasteiger charge is -2.00. The molecule has 3 rings (SSSR count). The lowest BCUT2D eigenvalue weighted by Crippen LogP contribution is -2.23. The first-order valence-electron chi connectivity index (χ1n) is 6.39. The minimum atomic E-state index is -0.247. The summed E-state index contributed by atoms with van der Waals surface area (Å²) < 4.78 is 0. The maximum absolute atomic E-state index is 12.0. The number of aryl methyl sites for hydroxylation is 1. The largest absolute Gasteiger partial charge is 0.346 e. The minimum absolute atomic E-state index is 0.247. The second-order valence-corrected chi connectivity index (χ2v) is 5.70. The Morgan fingerprint density at radius 2 is 2.10 bits per heavy atom. The summed E-state index contributed by atoms with van der Waals surface area (Å²) in [6.45, 7) is 2.38. The molecule has 0 unspecified atom stereocenters. The molecule has 0 radical (unpaired) electrons. The fourth-order valence-electron chi connectivity index (χ4n) is 1.80. The molecular formula is C14H13N5OS. The van der Waals surface area contributed by atoms with Crippen LogP contribution in [0.2, 0.25) is 0 Å². The topological polar surface area (TPSA) is 72.7 Å². The van der Waals surface area contributed by atoms with Crippen LogP contribution in [0.15, 0.2) is 42.7 Å². The monoisotopic (exact) mass is 299 g/mol. The van der Waals surface area contributed by atoms with Crippen molar-refractivity contribution in [2.24, 2.45) is 0 Å². The zero-order chi connectivity index (χ0) is 14.7. The number of hydrogen-bond acceptors (Lipinski definition) is 5. The van der Waals surface area contributed by atoms with Gasteiger partial charge in [0.1, 0.15) is 0 Å². The molecule has 2 aromatic heterocycles. The Morgan fingerprint density at radius 3 is 2.81 bits per heavy atom. The van der Waals surface area contributed by atoms with Crippen LogP contribution >= 0.6 is 11.3 Å². The van der Waals surface area contributed by atoms with Crippen LogP contribution < -0.4 is 5.32 Å². The third-order valence-electron chi connectivity index (χ3n) is 2.80. The molecule has 106 valence electrons. The van der Waals surface area contributed by atoms with E-state index in [1.54, 1.807) is 17.5 Å². The van der Waals surface area contributed by atoms with E-state index in [0.29, 0.717) is 12.2 Å². The first-order valence-corrected chi connectivity index (χ1v) is 7.21. The molecule has 0 aliphatic rings. The molecule has 0 saturated carbocycles. The summed E-state index contributed by atoms with van der Waals surface area (Å²) in [4.78, 5) is 18.6. The van der Waals surface area contributed by atoms with Gasteiger partial charge in [0, 0.05) is 11.1 Å². The Morgan fingerprint density at radius 1 is 1.29 bits per heavy atom. The standard InChI is InChI=1S/C14H13N5OS/c1-10-15-7-12(21-10)8-16-14(20)13-9-17-19(18-13)11-5-3-2-4-6-11/h2-7,9H,8H2,1H3,(H,16,20). The smallest absolute Gasteiger partial charge is 0.273 e. The molecule has 0 fully saturated rings. The third-order valence-corrected chi connectivity index (χ3v) is 3.72. The normalized spacial score (nSPS) is 10.5. The maximum atomic E-state index is 12.0. The summed E-state index contributed by atoms with van der Waals surface area (Å²) in [5.74, 6) is -0.247. The summed E-state index contributed by atoms with van der Waals surface area (Å²) in [5.41, 5.74) is 1.11. The van der Waals surface area contributed by atoms with Gasteiger partial charge in [0.15, 0.2) is 5.69 Å². The van der Waals surface area contributed by atoms with Crippen molar-refractivity contribution in [1.82, 2.24) is 25.3 Å². The predicted molar refractivity (Wildman–Crippen MR) is 79.4 cm³/mol. The molecule has 1 amide bonds. The molecule has 7 heteroatoms. The van der Waals surface area contributed by atoms with E-state index < -0.39 is 0 Å². The number of thiazole rings is 1. The summed E-state index contributed by atoms with van der Waals surface area (Å²) in [7, 11) is 0. The number of nitrogens with zero attached hydrogens (tertiary/aromatic N) is 4. The van der Waals surface area contributed by atoms with Gasteiger partial charge in [-0.05, 0) is 19.1 Å². The van der Waals surface area contributed by atoms with Gasteiger partial charge in [0.25, 0.3) is 5.91 Å². The number of rotatable bonds is 4. The molecule has 0 saturated heterocycles. The number of para-hydroxylation sites is 1. The summed E-state index contributed by atoms with van der Waals surface area (Å²) in [5, 5.41) is 12.1. The van der Waals surface area contributed by atoms with Crippen molar-refractivity contribution in [3.63, 3.8) is 0 Å². The average molecular weight is 299 g/mol. The number of carbonyl (C=O) groups is 1. The molecule has 1 N–H and O–H groups in total. The van der Waals surface area contributed by atoms with E-state index in [-0.39, 0.29) is 5.91 Å². The van der Waals surface area contributed by atoms with E-state index in [1.165, 1.54) is 11.0 Å². The van der Waals surface area contributed by atoms with E-state index in [1.807, 2.05) is 37.3 Å². The lowest BCUT2D eigenvalue weighted by atomic mass is 10.3. The fourth-order valence-corrected chi connectivity index (χ4v) is 2.53. The van der Waals surface area contributed by atoms with Gasteiger partial charge in [-0.1, -0.05) is 18.2 Å². The van der Waals surface area contributed by atoms with Crippen LogP contribution in [0.5, 0.6) is 0 Å². The van der Waals surface area contributed by atoms with Crippen LogP contribution in [0.4, 0.5) is 0 Å². The van der Waals surface area contributed by atoms with Gasteiger partial charge in [0.2, 0.25) is 0 Å². The van der Waals surface area contributed by atoms with Crippen LogP contribution in [0, 0.1) is 6.92 Å². The van der Waals surface area contributed by atoms with Gasteiger partial charge in [-0.25, -0.2) is 4.98 Å². The van der Waals surface area contributed by atoms with E-state index in [0.717, 1.165) is 15.6 Å². The molecule has 6 nitrogen and oxygen atoms in total. The fraction of sp³-hybridized carbons (Fsp3) is 0.143. The zero-order valence-electron chi connectivity index (χ0n) is 11.4. The van der Waals surface area contributed by atoms with Gasteiger partial charge in [0.05, 0.1) is 23.4 Å². The molecule has 2 heterocycles. The Labute approximate surface area is 125 Å². The summed E-state index contributed by atoms with van der Waals surface area (Å²) in [6, 6.07) is 9.45. The SMILES string of the molecule is Cc1ncc(CNC(=O)c2cnn(-c3ccccc3)n2)s1. The van der Waals surface area contributed by atoms with Crippen LogP contribution in [-0.2, 0) is 6.54 Å². The molecule has 1 aromatic carbocycles. The zero-order valence-corrected chi connectivity index (χ0v) is 12.2. The molecule has 0 atom stereocenters. The van der Waals surface area contributed by atoms with Crippen molar-refractivity contribution in [1.29, 1.82) is 0 Å². The average Bonchev–Trinajstić information content (AvgIpc) is 3.15. The Hall–Kier alpha value is -2.54. The third kappa shape index (κ3) is 3.14. The van der Waals surface area contributed by atoms with E-state index in [9.17, 15) is 4.79 Å². The molecule has 0 aliphatic carbocycles. The molecule has 0 aliphatic heterocycles. The molecule has 21 heavy (non-hydrogen) atoms. The van der Waals surface area contributed by atoms with E-state index >= 15 is 0 Å². The second kappa shape index (κ2) is 5.84. The van der Waals surface area contributed by atoms with Gasteiger partial charge in [-0.15, -0.1) is 16.4 Å². The van der Waals surface area contributed by atoms with Gasteiger partial charge < -0.3 is 5.32 Å². The van der Waals surface area contributed by atoms with Crippen LogP contribution in [0.3, 0.4) is 0 Å². The van der Waals surface area contributed by atoms with Gasteiger partial charge >= 0.3 is 0 Å². The highest BCUT2D eigenvalue weighted by atomic mass is 32.1. The quantitative estimate of drug-likeness (QED) is 0.799. The Balaban J connectivity index is 1.67. The highest BCUT2D eigenvalue weighted by Crippen LogP contribution is 2.11. The van der Waals surface area contributed by atoms with Gasteiger partial charge in [-0.2, -0.15) is 9.90 Å². The molecule has 0 bridgehead atoms.